The molecule has 2 heterocycles. The third-order valence-corrected chi connectivity index (χ3v) is 3.45. The fourth-order valence-electron chi connectivity index (χ4n) is 2.41. The number of hydrogen-bond donors (Lipinski definition) is 3. The van der Waals surface area contributed by atoms with E-state index in [1.807, 2.05) is 18.7 Å². The molecule has 18 heavy (non-hydrogen) atoms. The minimum atomic E-state index is -0.0528. The number of likely N-dealkylation sites (tertiary alicyclic amines) is 1. The molecular formula is C12H20N4O2. The Bertz CT molecular complexity index is 410. The number of aliphatic hydroxyl groups excluding tert-OH is 1. The lowest BCUT2D eigenvalue weighted by atomic mass is 10.2. The fraction of sp³-hybridized carbons (Fsp3) is 0.667. The molecule has 1 aromatic heterocycles. The summed E-state index contributed by atoms with van der Waals surface area (Å²) in [7, 11) is 0. The lowest BCUT2D eigenvalue weighted by molar-refractivity contribution is -0.117. The average Bonchev–Trinajstić information content (AvgIpc) is 2.90. The SMILES string of the molecule is Cc1n[nH]c(C)c1NC(=O)CN1CCC[C@H]1CO. The molecule has 6 heteroatoms. The number of amides is 1. The molecule has 1 aliphatic rings. The second-order valence-electron chi connectivity index (χ2n) is 4.81. The molecule has 0 spiro atoms. The molecule has 2 rings (SSSR count). The lowest BCUT2D eigenvalue weighted by Crippen LogP contribution is -2.38. The molecule has 1 aliphatic heterocycles. The van der Waals surface area contributed by atoms with Crippen molar-refractivity contribution in [2.24, 2.45) is 0 Å². The molecule has 0 aliphatic carbocycles. The molecular weight excluding hydrogens is 232 g/mol. The topological polar surface area (TPSA) is 81.2 Å². The van der Waals surface area contributed by atoms with E-state index >= 15 is 0 Å². The third kappa shape index (κ3) is 2.70. The van der Waals surface area contributed by atoms with Gasteiger partial charge in [-0.25, -0.2) is 0 Å². The van der Waals surface area contributed by atoms with Crippen molar-refractivity contribution in [3.63, 3.8) is 0 Å². The molecule has 6 nitrogen and oxygen atoms in total. The van der Waals surface area contributed by atoms with Crippen LogP contribution < -0.4 is 5.32 Å². The highest BCUT2D eigenvalue weighted by atomic mass is 16.3. The van der Waals surface area contributed by atoms with E-state index in [0.717, 1.165) is 36.5 Å². The van der Waals surface area contributed by atoms with Gasteiger partial charge >= 0.3 is 0 Å². The number of aromatic amines is 1. The molecule has 1 atom stereocenters. The van der Waals surface area contributed by atoms with Gasteiger partial charge in [0.05, 0.1) is 30.2 Å². The number of aromatic nitrogens is 2. The van der Waals surface area contributed by atoms with Gasteiger partial charge in [-0.2, -0.15) is 5.10 Å². The second kappa shape index (κ2) is 5.49. The Labute approximate surface area is 106 Å². The van der Waals surface area contributed by atoms with Crippen molar-refractivity contribution in [1.29, 1.82) is 0 Å². The maximum absolute atomic E-state index is 12.0. The van der Waals surface area contributed by atoms with Crippen molar-refractivity contribution in [1.82, 2.24) is 15.1 Å². The van der Waals surface area contributed by atoms with Crippen LogP contribution in [0.3, 0.4) is 0 Å². The first kappa shape index (κ1) is 13.0. The van der Waals surface area contributed by atoms with Crippen LogP contribution in [0.1, 0.15) is 24.2 Å². The number of nitrogens with zero attached hydrogens (tertiary/aromatic N) is 2. The molecule has 1 fully saturated rings. The quantitative estimate of drug-likeness (QED) is 0.725. The van der Waals surface area contributed by atoms with E-state index < -0.39 is 0 Å². The number of anilines is 1. The molecule has 100 valence electrons. The van der Waals surface area contributed by atoms with Gasteiger partial charge in [-0.3, -0.25) is 14.8 Å². The second-order valence-corrected chi connectivity index (χ2v) is 4.81. The summed E-state index contributed by atoms with van der Waals surface area (Å²) in [4.78, 5) is 14.0. The van der Waals surface area contributed by atoms with Gasteiger partial charge in [-0.1, -0.05) is 0 Å². The fourth-order valence-corrected chi connectivity index (χ4v) is 2.41. The maximum atomic E-state index is 12.0. The number of H-pyrrole nitrogens is 1. The van der Waals surface area contributed by atoms with Crippen molar-refractivity contribution in [2.45, 2.75) is 32.7 Å². The summed E-state index contributed by atoms with van der Waals surface area (Å²) in [5, 5.41) is 19.0. The zero-order valence-corrected chi connectivity index (χ0v) is 10.9. The molecule has 0 aromatic carbocycles. The van der Waals surface area contributed by atoms with E-state index in [-0.39, 0.29) is 18.6 Å². The number of hydrogen-bond acceptors (Lipinski definition) is 4. The minimum absolute atomic E-state index is 0.0528. The Morgan fingerprint density at radius 3 is 3.00 bits per heavy atom. The van der Waals surface area contributed by atoms with E-state index in [1.165, 1.54) is 0 Å². The Hall–Kier alpha value is -1.40. The highest BCUT2D eigenvalue weighted by molar-refractivity contribution is 5.93. The van der Waals surface area contributed by atoms with E-state index in [4.69, 9.17) is 0 Å². The van der Waals surface area contributed by atoms with Gasteiger partial charge in [0.2, 0.25) is 5.91 Å². The predicted octanol–water partition coefficient (Wildman–Crippen LogP) is 0.422. The smallest absolute Gasteiger partial charge is 0.238 e. The number of aryl methyl sites for hydroxylation is 2. The largest absolute Gasteiger partial charge is 0.395 e. The summed E-state index contributed by atoms with van der Waals surface area (Å²) in [5.74, 6) is -0.0528. The zero-order chi connectivity index (χ0) is 13.1. The number of rotatable bonds is 4. The van der Waals surface area contributed by atoms with Gasteiger partial charge in [0.25, 0.3) is 0 Å². The maximum Gasteiger partial charge on any atom is 0.238 e. The van der Waals surface area contributed by atoms with Gasteiger partial charge in [0, 0.05) is 6.04 Å². The average molecular weight is 252 g/mol. The Morgan fingerprint density at radius 1 is 1.61 bits per heavy atom. The number of carbonyl (C=O) groups is 1. The van der Waals surface area contributed by atoms with Crippen LogP contribution in [0.15, 0.2) is 0 Å². The summed E-state index contributed by atoms with van der Waals surface area (Å²) >= 11 is 0. The normalized spacial score (nSPS) is 20.3. The van der Waals surface area contributed by atoms with Crippen LogP contribution in [0.5, 0.6) is 0 Å². The van der Waals surface area contributed by atoms with Crippen LogP contribution >= 0.6 is 0 Å². The van der Waals surface area contributed by atoms with Crippen LogP contribution in [0.2, 0.25) is 0 Å². The minimum Gasteiger partial charge on any atom is -0.395 e. The number of aliphatic hydroxyl groups is 1. The van der Waals surface area contributed by atoms with Crippen molar-refractivity contribution in [3.8, 4) is 0 Å². The van der Waals surface area contributed by atoms with E-state index in [9.17, 15) is 9.90 Å². The van der Waals surface area contributed by atoms with Crippen molar-refractivity contribution in [2.75, 3.05) is 25.0 Å². The van der Waals surface area contributed by atoms with Gasteiger partial charge in [0.1, 0.15) is 0 Å². The van der Waals surface area contributed by atoms with E-state index in [0.29, 0.717) is 6.54 Å². The highest BCUT2D eigenvalue weighted by Crippen LogP contribution is 2.18. The standard InChI is InChI=1S/C12H20N4O2/c1-8-12(9(2)15-14-8)13-11(18)6-16-5-3-4-10(16)7-17/h10,17H,3-7H2,1-2H3,(H,13,18)(H,14,15)/t10-/m0/s1. The summed E-state index contributed by atoms with van der Waals surface area (Å²) in [6.45, 7) is 5.06. The van der Waals surface area contributed by atoms with Crippen LogP contribution in [-0.4, -0.2) is 51.8 Å². The van der Waals surface area contributed by atoms with Crippen molar-refractivity contribution in [3.05, 3.63) is 11.4 Å². The van der Waals surface area contributed by atoms with Gasteiger partial charge in [-0.05, 0) is 33.2 Å². The molecule has 0 unspecified atom stereocenters. The summed E-state index contributed by atoms with van der Waals surface area (Å²) in [5.41, 5.74) is 2.42. The molecule has 0 radical (unpaired) electrons. The van der Waals surface area contributed by atoms with Crippen molar-refractivity contribution < 1.29 is 9.90 Å². The summed E-state index contributed by atoms with van der Waals surface area (Å²) < 4.78 is 0. The third-order valence-electron chi connectivity index (χ3n) is 3.45. The predicted molar refractivity (Wildman–Crippen MR) is 68.4 cm³/mol. The van der Waals surface area contributed by atoms with Crippen molar-refractivity contribution >= 4 is 11.6 Å². The summed E-state index contributed by atoms with van der Waals surface area (Å²) in [6.07, 6.45) is 2.01. The lowest BCUT2D eigenvalue weighted by Gasteiger charge is -2.21. The van der Waals surface area contributed by atoms with Crippen LogP contribution in [-0.2, 0) is 4.79 Å². The van der Waals surface area contributed by atoms with Crippen LogP contribution in [0.25, 0.3) is 0 Å². The first-order valence-electron chi connectivity index (χ1n) is 6.28. The van der Waals surface area contributed by atoms with Gasteiger partial charge in [-0.15, -0.1) is 0 Å². The van der Waals surface area contributed by atoms with E-state index in [1.54, 1.807) is 0 Å². The molecule has 0 saturated carbocycles. The Kier molecular flexibility index (Phi) is 3.98. The van der Waals surface area contributed by atoms with E-state index in [2.05, 4.69) is 15.5 Å². The van der Waals surface area contributed by atoms with Gasteiger partial charge < -0.3 is 10.4 Å². The first-order chi connectivity index (χ1) is 8.61. The van der Waals surface area contributed by atoms with Crippen LogP contribution in [0.4, 0.5) is 5.69 Å². The molecule has 1 saturated heterocycles. The van der Waals surface area contributed by atoms with Crippen LogP contribution in [0, 0.1) is 13.8 Å². The van der Waals surface area contributed by atoms with Gasteiger partial charge in [0.15, 0.2) is 0 Å². The first-order valence-corrected chi connectivity index (χ1v) is 6.28. The Morgan fingerprint density at radius 2 is 2.39 bits per heavy atom. The zero-order valence-electron chi connectivity index (χ0n) is 10.9. The number of nitrogens with one attached hydrogen (secondary N) is 2. The molecule has 1 aromatic rings. The molecule has 3 N–H and O–H groups in total. The summed E-state index contributed by atoms with van der Waals surface area (Å²) in [6, 6.07) is 0.127. The number of carbonyl (C=O) groups excluding carboxylic acids is 1. The Balaban J connectivity index is 1.93. The molecule has 0 bridgehead atoms. The monoisotopic (exact) mass is 252 g/mol. The molecule has 1 amide bonds. The highest BCUT2D eigenvalue weighted by Gasteiger charge is 2.25.